The minimum absolute atomic E-state index is 0.0859. The summed E-state index contributed by atoms with van der Waals surface area (Å²) in [6.45, 7) is -0.640. The average Bonchev–Trinajstić information content (AvgIpc) is 2.65. The molecule has 0 fully saturated rings. The number of hydrogen-bond donors (Lipinski definition) is 1. The van der Waals surface area contributed by atoms with Gasteiger partial charge in [0.15, 0.2) is 5.82 Å². The van der Waals surface area contributed by atoms with Crippen LogP contribution in [0.3, 0.4) is 0 Å². The highest BCUT2D eigenvalue weighted by molar-refractivity contribution is 5.71. The highest BCUT2D eigenvalue weighted by atomic mass is 19.3. The van der Waals surface area contributed by atoms with E-state index in [9.17, 15) is 13.2 Å². The van der Waals surface area contributed by atoms with Crippen LogP contribution in [-0.4, -0.2) is 26.6 Å². The first-order chi connectivity index (χ1) is 8.08. The van der Waals surface area contributed by atoms with Crippen LogP contribution in [0, 0.1) is 5.82 Å². The van der Waals surface area contributed by atoms with E-state index in [4.69, 9.17) is 5.73 Å². The number of hydrogen-bond acceptors (Lipinski definition) is 4. The summed E-state index contributed by atoms with van der Waals surface area (Å²) in [5.41, 5.74) is 5.99. The van der Waals surface area contributed by atoms with Gasteiger partial charge >= 0.3 is 0 Å². The predicted molar refractivity (Wildman–Crippen MR) is 53.6 cm³/mol. The van der Waals surface area contributed by atoms with Gasteiger partial charge in [-0.2, -0.15) is 0 Å². The molecule has 17 heavy (non-hydrogen) atoms. The second-order valence-electron chi connectivity index (χ2n) is 3.31. The number of anilines is 1. The van der Waals surface area contributed by atoms with Crippen molar-refractivity contribution in [2.45, 2.75) is 13.0 Å². The molecule has 0 amide bonds. The molecule has 0 atom stereocenters. The Kier molecular flexibility index (Phi) is 2.94. The van der Waals surface area contributed by atoms with Crippen LogP contribution in [0.4, 0.5) is 18.9 Å². The van der Waals surface area contributed by atoms with Gasteiger partial charge in [-0.1, -0.05) is 0 Å². The molecule has 0 unspecified atom stereocenters. The Labute approximate surface area is 94.0 Å². The molecule has 0 radical (unpaired) electrons. The molecule has 1 aromatic carbocycles. The minimum Gasteiger partial charge on any atom is -0.398 e. The zero-order valence-corrected chi connectivity index (χ0v) is 8.52. The van der Waals surface area contributed by atoms with Gasteiger partial charge < -0.3 is 5.73 Å². The molecule has 5 nitrogen and oxygen atoms in total. The van der Waals surface area contributed by atoms with E-state index >= 15 is 0 Å². The van der Waals surface area contributed by atoms with E-state index in [-0.39, 0.29) is 11.5 Å². The van der Waals surface area contributed by atoms with Crippen LogP contribution in [0.2, 0.25) is 0 Å². The molecular weight excluding hydrogens is 235 g/mol. The van der Waals surface area contributed by atoms with E-state index in [2.05, 4.69) is 15.5 Å². The summed E-state index contributed by atoms with van der Waals surface area (Å²) in [4.78, 5) is 0. The van der Waals surface area contributed by atoms with Crippen molar-refractivity contribution in [2.24, 2.45) is 0 Å². The molecule has 0 aliphatic heterocycles. The molecule has 1 aromatic heterocycles. The molecule has 0 aliphatic rings. The summed E-state index contributed by atoms with van der Waals surface area (Å²) >= 11 is 0. The Hall–Kier alpha value is -2.12. The van der Waals surface area contributed by atoms with Gasteiger partial charge in [0, 0.05) is 11.3 Å². The third-order valence-corrected chi connectivity index (χ3v) is 2.10. The highest BCUT2D eigenvalue weighted by Crippen LogP contribution is 2.24. The predicted octanol–water partition coefficient (Wildman–Crippen LogP) is 1.33. The Bertz CT molecular complexity index is 525. The van der Waals surface area contributed by atoms with Gasteiger partial charge in [-0.15, -0.1) is 5.10 Å². The molecule has 0 bridgehead atoms. The smallest absolute Gasteiger partial charge is 0.258 e. The molecule has 0 aliphatic carbocycles. The fraction of sp³-hybridized carbons (Fsp3) is 0.222. The van der Waals surface area contributed by atoms with E-state index in [0.717, 1.165) is 16.8 Å². The van der Waals surface area contributed by atoms with Gasteiger partial charge in [-0.25, -0.2) is 17.9 Å². The molecule has 0 saturated heterocycles. The lowest BCUT2D eigenvalue weighted by Gasteiger charge is -2.06. The van der Waals surface area contributed by atoms with Crippen molar-refractivity contribution in [3.8, 4) is 11.4 Å². The maximum absolute atomic E-state index is 12.8. The first-order valence-electron chi connectivity index (χ1n) is 4.67. The van der Waals surface area contributed by atoms with Crippen molar-refractivity contribution < 1.29 is 13.2 Å². The molecule has 8 heteroatoms. The average molecular weight is 243 g/mol. The fourth-order valence-corrected chi connectivity index (χ4v) is 1.39. The van der Waals surface area contributed by atoms with Crippen LogP contribution in [0.5, 0.6) is 0 Å². The first kappa shape index (κ1) is 11.4. The van der Waals surface area contributed by atoms with Gasteiger partial charge in [0.2, 0.25) is 0 Å². The number of nitrogens with two attached hydrogens (primary N) is 1. The summed E-state index contributed by atoms with van der Waals surface area (Å²) in [6, 6.07) is 3.59. The molecule has 0 saturated carbocycles. The zero-order valence-electron chi connectivity index (χ0n) is 8.52. The minimum atomic E-state index is -2.58. The molecule has 90 valence electrons. The topological polar surface area (TPSA) is 69.6 Å². The standard InChI is InChI=1S/C9H8F3N5/c10-5-1-2-6(7(13)3-5)9-14-15-16-17(9)4-8(11)12/h1-3,8H,4,13H2. The lowest BCUT2D eigenvalue weighted by molar-refractivity contribution is 0.121. The van der Waals surface area contributed by atoms with Crippen LogP contribution in [0.1, 0.15) is 0 Å². The van der Waals surface area contributed by atoms with Crippen LogP contribution in [-0.2, 0) is 6.54 Å². The maximum atomic E-state index is 12.8. The molecule has 0 spiro atoms. The van der Waals surface area contributed by atoms with E-state index in [1.165, 1.54) is 6.07 Å². The zero-order chi connectivity index (χ0) is 12.4. The van der Waals surface area contributed by atoms with Crippen molar-refractivity contribution in [3.05, 3.63) is 24.0 Å². The lowest BCUT2D eigenvalue weighted by Crippen LogP contribution is -2.10. The second kappa shape index (κ2) is 4.40. The van der Waals surface area contributed by atoms with E-state index in [1.807, 2.05) is 0 Å². The SMILES string of the molecule is Nc1cc(F)ccc1-c1nnnn1CC(F)F. The number of alkyl halides is 2. The second-order valence-corrected chi connectivity index (χ2v) is 3.31. The van der Waals surface area contributed by atoms with E-state index in [0.29, 0.717) is 5.56 Å². The summed E-state index contributed by atoms with van der Waals surface area (Å²) in [7, 11) is 0. The Morgan fingerprint density at radius 1 is 1.35 bits per heavy atom. The largest absolute Gasteiger partial charge is 0.398 e. The summed E-state index contributed by atoms with van der Waals surface area (Å²) in [5.74, 6) is -0.429. The number of benzene rings is 1. The monoisotopic (exact) mass is 243 g/mol. The van der Waals surface area contributed by atoms with Crippen molar-refractivity contribution >= 4 is 5.69 Å². The van der Waals surface area contributed by atoms with Crippen molar-refractivity contribution in [2.75, 3.05) is 5.73 Å². The van der Waals surface area contributed by atoms with Crippen LogP contribution < -0.4 is 5.73 Å². The third kappa shape index (κ3) is 2.35. The molecule has 2 rings (SSSR count). The molecular formula is C9H8F3N5. The number of halogens is 3. The third-order valence-electron chi connectivity index (χ3n) is 2.10. The Morgan fingerprint density at radius 2 is 2.12 bits per heavy atom. The highest BCUT2D eigenvalue weighted by Gasteiger charge is 2.15. The maximum Gasteiger partial charge on any atom is 0.258 e. The number of aromatic nitrogens is 4. The van der Waals surface area contributed by atoms with Crippen molar-refractivity contribution in [1.29, 1.82) is 0 Å². The molecule has 2 aromatic rings. The van der Waals surface area contributed by atoms with Crippen molar-refractivity contribution in [1.82, 2.24) is 20.2 Å². The van der Waals surface area contributed by atoms with Gasteiger partial charge in [0.1, 0.15) is 12.4 Å². The normalized spacial score (nSPS) is 11.1. The number of tetrazole rings is 1. The van der Waals surface area contributed by atoms with Crippen LogP contribution >= 0.6 is 0 Å². The Morgan fingerprint density at radius 3 is 2.76 bits per heavy atom. The van der Waals surface area contributed by atoms with Gasteiger partial charge in [-0.3, -0.25) is 0 Å². The van der Waals surface area contributed by atoms with E-state index in [1.54, 1.807) is 0 Å². The quantitative estimate of drug-likeness (QED) is 0.825. The van der Waals surface area contributed by atoms with Crippen LogP contribution in [0.15, 0.2) is 18.2 Å². The first-order valence-corrected chi connectivity index (χ1v) is 4.67. The van der Waals surface area contributed by atoms with Crippen LogP contribution in [0.25, 0.3) is 11.4 Å². The number of rotatable bonds is 3. The lowest BCUT2D eigenvalue weighted by atomic mass is 10.1. The van der Waals surface area contributed by atoms with Gasteiger partial charge in [-0.05, 0) is 28.6 Å². The Balaban J connectivity index is 2.42. The van der Waals surface area contributed by atoms with Gasteiger partial charge in [0.05, 0.1) is 0 Å². The van der Waals surface area contributed by atoms with Crippen molar-refractivity contribution in [3.63, 3.8) is 0 Å². The summed E-state index contributed by atoms with van der Waals surface area (Å²) < 4.78 is 38.3. The summed E-state index contributed by atoms with van der Waals surface area (Å²) in [5, 5.41) is 10.3. The summed E-state index contributed by atoms with van der Waals surface area (Å²) in [6.07, 6.45) is -2.58. The van der Waals surface area contributed by atoms with Gasteiger partial charge in [0.25, 0.3) is 6.43 Å². The molecule has 1 heterocycles. The molecule has 2 N–H and O–H groups in total. The fourth-order valence-electron chi connectivity index (χ4n) is 1.39. The van der Waals surface area contributed by atoms with E-state index < -0.39 is 18.8 Å². The number of nitrogen functional groups attached to an aromatic ring is 1. The number of nitrogens with zero attached hydrogens (tertiary/aromatic N) is 4.